The van der Waals surface area contributed by atoms with Gasteiger partial charge in [0.2, 0.25) is 6.08 Å². The van der Waals surface area contributed by atoms with Gasteiger partial charge >= 0.3 is 6.09 Å². The summed E-state index contributed by atoms with van der Waals surface area (Å²) in [5.41, 5.74) is 0. The number of carbonyl (C=O) groups excluding carboxylic acids is 2. The number of aliphatic hydroxyl groups is 1. The first-order chi connectivity index (χ1) is 11.8. The molecule has 6 nitrogen and oxygen atoms in total. The van der Waals surface area contributed by atoms with Crippen LogP contribution in [0, 0.1) is 0 Å². The van der Waals surface area contributed by atoms with Gasteiger partial charge < -0.3 is 15.2 Å². The van der Waals surface area contributed by atoms with Crippen LogP contribution in [0.15, 0.2) is 4.99 Å². The molecule has 0 aromatic rings. The molecule has 0 saturated heterocycles. The number of alkyl carbamates (subject to hydrolysis) is 1. The van der Waals surface area contributed by atoms with Crippen molar-refractivity contribution in [1.29, 1.82) is 0 Å². The van der Waals surface area contributed by atoms with Crippen LogP contribution in [0.4, 0.5) is 4.79 Å². The van der Waals surface area contributed by atoms with Gasteiger partial charge in [0.15, 0.2) is 0 Å². The van der Waals surface area contributed by atoms with E-state index >= 15 is 0 Å². The fraction of sp³-hybridized carbons (Fsp3) is 0.889. The molecule has 0 heterocycles. The summed E-state index contributed by atoms with van der Waals surface area (Å²) in [6.45, 7) is 1.99. The monoisotopic (exact) mass is 342 g/mol. The van der Waals surface area contributed by atoms with Gasteiger partial charge in [-0.15, -0.1) is 0 Å². The number of hydrogen-bond acceptors (Lipinski definition) is 5. The Balaban J connectivity index is 3.17. The van der Waals surface area contributed by atoms with Gasteiger partial charge in [-0.1, -0.05) is 51.4 Å². The number of ether oxygens (including phenoxy) is 1. The Labute approximate surface area is 146 Å². The van der Waals surface area contributed by atoms with E-state index in [0.29, 0.717) is 26.3 Å². The number of nitrogens with one attached hydrogen (secondary N) is 1. The Hall–Kier alpha value is -1.39. The molecule has 0 aromatic heterocycles. The number of amides is 1. The Kier molecular flexibility index (Phi) is 18.5. The Bertz CT molecular complexity index is 331. The summed E-state index contributed by atoms with van der Waals surface area (Å²) in [5.74, 6) is 0. The summed E-state index contributed by atoms with van der Waals surface area (Å²) < 4.78 is 5.13. The van der Waals surface area contributed by atoms with Gasteiger partial charge in [0.1, 0.15) is 0 Å². The van der Waals surface area contributed by atoms with Crippen LogP contribution in [0.1, 0.15) is 77.0 Å². The second kappa shape index (κ2) is 19.7. The molecule has 0 atom stereocenters. The third kappa shape index (κ3) is 18.7. The quantitative estimate of drug-likeness (QED) is 0.239. The van der Waals surface area contributed by atoms with E-state index in [2.05, 4.69) is 10.3 Å². The molecule has 0 spiro atoms. The zero-order chi connectivity index (χ0) is 17.7. The summed E-state index contributed by atoms with van der Waals surface area (Å²) in [7, 11) is 0. The maximum absolute atomic E-state index is 11.5. The van der Waals surface area contributed by atoms with Crippen molar-refractivity contribution in [2.45, 2.75) is 77.0 Å². The first-order valence-electron chi connectivity index (χ1n) is 9.36. The van der Waals surface area contributed by atoms with Crippen LogP contribution in [0.2, 0.25) is 0 Å². The van der Waals surface area contributed by atoms with Crippen molar-refractivity contribution in [1.82, 2.24) is 5.32 Å². The third-order valence-electron chi connectivity index (χ3n) is 3.82. The van der Waals surface area contributed by atoms with Gasteiger partial charge in [0.05, 0.1) is 13.2 Å². The van der Waals surface area contributed by atoms with Gasteiger partial charge in [0, 0.05) is 13.2 Å². The molecule has 0 bridgehead atoms. The van der Waals surface area contributed by atoms with Crippen LogP contribution in [0.25, 0.3) is 0 Å². The van der Waals surface area contributed by atoms with Gasteiger partial charge in [-0.25, -0.2) is 14.6 Å². The topological polar surface area (TPSA) is 88.0 Å². The smallest absolute Gasteiger partial charge is 0.407 e. The van der Waals surface area contributed by atoms with E-state index in [1.807, 2.05) is 0 Å². The molecule has 140 valence electrons. The van der Waals surface area contributed by atoms with Crippen LogP contribution in [0.5, 0.6) is 0 Å². The van der Waals surface area contributed by atoms with E-state index in [9.17, 15) is 9.59 Å². The largest absolute Gasteiger partial charge is 0.450 e. The molecule has 1 amide bonds. The number of isocyanates is 1. The molecule has 0 rings (SSSR count). The summed E-state index contributed by atoms with van der Waals surface area (Å²) in [6, 6.07) is 0. The molecule has 0 radical (unpaired) electrons. The third-order valence-corrected chi connectivity index (χ3v) is 3.82. The number of carbonyl (C=O) groups is 1. The fourth-order valence-corrected chi connectivity index (χ4v) is 2.40. The second-order valence-corrected chi connectivity index (χ2v) is 6.00. The SMILES string of the molecule is O=C=NCCCCCCCNC(=O)OCCCCCCCCCO. The van der Waals surface area contributed by atoms with Crippen molar-refractivity contribution in [3.63, 3.8) is 0 Å². The Morgan fingerprint density at radius 2 is 1.46 bits per heavy atom. The number of unbranched alkanes of at least 4 members (excludes halogenated alkanes) is 10. The van der Waals surface area contributed by atoms with Crippen LogP contribution in [-0.2, 0) is 9.53 Å². The highest BCUT2D eigenvalue weighted by molar-refractivity contribution is 5.66. The maximum Gasteiger partial charge on any atom is 0.407 e. The lowest BCUT2D eigenvalue weighted by Crippen LogP contribution is -2.25. The first-order valence-corrected chi connectivity index (χ1v) is 9.36. The summed E-state index contributed by atoms with van der Waals surface area (Å²) in [4.78, 5) is 24.8. The molecule has 6 heteroatoms. The molecule has 0 aromatic carbocycles. The van der Waals surface area contributed by atoms with Crippen molar-refractivity contribution in [2.24, 2.45) is 4.99 Å². The molecule has 2 N–H and O–H groups in total. The first kappa shape index (κ1) is 22.6. The summed E-state index contributed by atoms with van der Waals surface area (Å²) in [6.07, 6.45) is 13.8. The van der Waals surface area contributed by atoms with Crippen LogP contribution in [-0.4, -0.2) is 43.6 Å². The second-order valence-electron chi connectivity index (χ2n) is 6.00. The molecule has 0 aliphatic rings. The van der Waals surface area contributed by atoms with Gasteiger partial charge in [-0.05, 0) is 25.7 Å². The Morgan fingerprint density at radius 1 is 0.875 bits per heavy atom. The molecule has 0 aliphatic carbocycles. The van der Waals surface area contributed by atoms with Crippen LogP contribution >= 0.6 is 0 Å². The van der Waals surface area contributed by atoms with Crippen molar-refractivity contribution in [3.05, 3.63) is 0 Å². The van der Waals surface area contributed by atoms with Crippen molar-refractivity contribution in [2.75, 3.05) is 26.3 Å². The lowest BCUT2D eigenvalue weighted by molar-refractivity contribution is 0.143. The molecular formula is C18H34N2O4. The highest BCUT2D eigenvalue weighted by Gasteiger charge is 2.00. The molecule has 0 unspecified atom stereocenters. The van der Waals surface area contributed by atoms with E-state index in [1.54, 1.807) is 0 Å². The van der Waals surface area contributed by atoms with Crippen molar-refractivity contribution in [3.8, 4) is 0 Å². The minimum absolute atomic E-state index is 0.291. The number of aliphatic hydroxyl groups excluding tert-OH is 1. The standard InChI is InChI=1S/C18H34N2O4/c21-15-11-7-2-1-3-8-12-16-24-18(23)20-14-10-6-4-5-9-13-19-17-22/h21H,1-16H2,(H,20,23). The minimum atomic E-state index is -0.321. The van der Waals surface area contributed by atoms with Gasteiger partial charge in [0.25, 0.3) is 0 Å². The predicted octanol–water partition coefficient (Wildman–Crippen LogP) is 3.72. The van der Waals surface area contributed by atoms with E-state index in [4.69, 9.17) is 9.84 Å². The minimum Gasteiger partial charge on any atom is -0.450 e. The number of aliphatic imine (C=N–C) groups is 1. The maximum atomic E-state index is 11.5. The molecule has 0 fully saturated rings. The molecule has 0 aliphatic heterocycles. The van der Waals surface area contributed by atoms with Crippen LogP contribution < -0.4 is 5.32 Å². The van der Waals surface area contributed by atoms with Crippen molar-refractivity contribution >= 4 is 12.2 Å². The zero-order valence-corrected chi connectivity index (χ0v) is 14.9. The Morgan fingerprint density at radius 3 is 2.12 bits per heavy atom. The van der Waals surface area contributed by atoms with E-state index in [0.717, 1.165) is 64.2 Å². The molecule has 0 saturated carbocycles. The lowest BCUT2D eigenvalue weighted by Gasteiger charge is -2.07. The number of nitrogens with zero attached hydrogens (tertiary/aromatic N) is 1. The van der Waals surface area contributed by atoms with E-state index < -0.39 is 0 Å². The zero-order valence-electron chi connectivity index (χ0n) is 14.9. The lowest BCUT2D eigenvalue weighted by atomic mass is 10.1. The van der Waals surface area contributed by atoms with Gasteiger partial charge in [-0.3, -0.25) is 0 Å². The average Bonchev–Trinajstić information content (AvgIpc) is 2.59. The van der Waals surface area contributed by atoms with Crippen LogP contribution in [0.3, 0.4) is 0 Å². The number of hydrogen-bond donors (Lipinski definition) is 2. The average molecular weight is 342 g/mol. The van der Waals surface area contributed by atoms with Crippen molar-refractivity contribution < 1.29 is 19.4 Å². The molecular weight excluding hydrogens is 308 g/mol. The predicted molar refractivity (Wildman–Crippen MR) is 94.8 cm³/mol. The summed E-state index contributed by atoms with van der Waals surface area (Å²) in [5, 5.41) is 11.4. The van der Waals surface area contributed by atoms with Gasteiger partial charge in [-0.2, -0.15) is 0 Å². The highest BCUT2D eigenvalue weighted by Crippen LogP contribution is 2.07. The highest BCUT2D eigenvalue weighted by atomic mass is 16.5. The van der Waals surface area contributed by atoms with E-state index in [1.165, 1.54) is 18.9 Å². The molecule has 24 heavy (non-hydrogen) atoms. The summed E-state index contributed by atoms with van der Waals surface area (Å²) >= 11 is 0. The fourth-order valence-electron chi connectivity index (χ4n) is 2.40. The van der Waals surface area contributed by atoms with E-state index in [-0.39, 0.29) is 6.09 Å². The normalized spacial score (nSPS) is 10.2. The number of rotatable bonds is 17.